The van der Waals surface area contributed by atoms with E-state index in [1.165, 1.54) is 51.4 Å². The molecule has 4 atom stereocenters. The number of rotatable bonds is 7. The average molecular weight is 324 g/mol. The van der Waals surface area contributed by atoms with E-state index in [1.807, 2.05) is 0 Å². The van der Waals surface area contributed by atoms with Crippen LogP contribution in [0.1, 0.15) is 78.6 Å². The predicted octanol–water partition coefficient (Wildman–Crippen LogP) is 3.89. The molecule has 0 aliphatic heterocycles. The number of ether oxygens (including phenoxy) is 1. The summed E-state index contributed by atoms with van der Waals surface area (Å²) >= 11 is 0. The van der Waals surface area contributed by atoms with E-state index in [1.54, 1.807) is 0 Å². The standard InChI is InChI=1S/C20H37NO2/c1-19(2)15-9-11-20(19,3)18(13-15)23-12-10-17(22)14-21-16-7-5-4-6-8-16/h15-18,21-22H,4-14H2,1-3H3/t15-,17+,18-,20-/m0/s1. The van der Waals surface area contributed by atoms with Crippen molar-refractivity contribution in [1.82, 2.24) is 5.32 Å². The molecule has 2 N–H and O–H groups in total. The van der Waals surface area contributed by atoms with Gasteiger partial charge < -0.3 is 15.2 Å². The van der Waals surface area contributed by atoms with E-state index < -0.39 is 0 Å². The minimum absolute atomic E-state index is 0.267. The van der Waals surface area contributed by atoms with Crippen molar-refractivity contribution in [3.63, 3.8) is 0 Å². The third-order valence-corrected chi connectivity index (χ3v) is 7.73. The van der Waals surface area contributed by atoms with Crippen LogP contribution in [0.5, 0.6) is 0 Å². The average Bonchev–Trinajstić information content (AvgIpc) is 2.87. The van der Waals surface area contributed by atoms with Crippen LogP contribution in [-0.2, 0) is 4.74 Å². The summed E-state index contributed by atoms with van der Waals surface area (Å²) in [4.78, 5) is 0. The zero-order chi connectivity index (χ0) is 16.5. The van der Waals surface area contributed by atoms with Gasteiger partial charge in [-0.05, 0) is 55.3 Å². The van der Waals surface area contributed by atoms with Gasteiger partial charge in [-0.1, -0.05) is 40.0 Å². The molecule has 2 bridgehead atoms. The lowest BCUT2D eigenvalue weighted by Gasteiger charge is -2.39. The number of fused-ring (bicyclic) bond motifs is 2. The Labute approximate surface area is 142 Å². The smallest absolute Gasteiger partial charge is 0.0686 e. The molecule has 0 spiro atoms. The van der Waals surface area contributed by atoms with Crippen LogP contribution in [0, 0.1) is 16.7 Å². The fourth-order valence-electron chi connectivity index (χ4n) is 5.44. The zero-order valence-electron chi connectivity index (χ0n) is 15.4. The van der Waals surface area contributed by atoms with Gasteiger partial charge in [0.25, 0.3) is 0 Å². The Morgan fingerprint density at radius 1 is 1.13 bits per heavy atom. The van der Waals surface area contributed by atoms with Crippen LogP contribution in [0.15, 0.2) is 0 Å². The van der Waals surface area contributed by atoms with E-state index in [-0.39, 0.29) is 6.10 Å². The molecule has 3 aliphatic carbocycles. The molecule has 0 aromatic heterocycles. The Bertz CT molecular complexity index is 391. The van der Waals surface area contributed by atoms with E-state index in [9.17, 15) is 5.11 Å². The molecule has 0 aromatic rings. The topological polar surface area (TPSA) is 41.5 Å². The molecular weight excluding hydrogens is 286 g/mol. The maximum atomic E-state index is 10.2. The molecule has 0 radical (unpaired) electrons. The Hall–Kier alpha value is -0.120. The van der Waals surface area contributed by atoms with Crippen molar-refractivity contribution in [3.8, 4) is 0 Å². The lowest BCUT2D eigenvalue weighted by molar-refractivity contribution is -0.0547. The van der Waals surface area contributed by atoms with Crippen LogP contribution < -0.4 is 5.32 Å². The molecule has 3 rings (SSSR count). The third kappa shape index (κ3) is 3.48. The summed E-state index contributed by atoms with van der Waals surface area (Å²) in [5.41, 5.74) is 0.752. The second-order valence-electron chi connectivity index (χ2n) is 9.16. The van der Waals surface area contributed by atoms with Gasteiger partial charge in [0.15, 0.2) is 0 Å². The van der Waals surface area contributed by atoms with Crippen LogP contribution in [0.3, 0.4) is 0 Å². The van der Waals surface area contributed by atoms with Gasteiger partial charge in [-0.25, -0.2) is 0 Å². The van der Waals surface area contributed by atoms with Crippen molar-refractivity contribution in [1.29, 1.82) is 0 Å². The summed E-state index contributed by atoms with van der Waals surface area (Å²) in [6.45, 7) is 8.71. The minimum atomic E-state index is -0.267. The normalized spacial score (nSPS) is 38.1. The highest BCUT2D eigenvalue weighted by molar-refractivity contribution is 5.11. The molecule has 0 saturated heterocycles. The monoisotopic (exact) mass is 323 g/mol. The number of aliphatic hydroxyl groups excluding tert-OH is 1. The Kier molecular flexibility index (Phi) is 5.40. The van der Waals surface area contributed by atoms with Gasteiger partial charge in [-0.2, -0.15) is 0 Å². The fraction of sp³-hybridized carbons (Fsp3) is 1.00. The SMILES string of the molecule is CC1(C)[C@H]2CC[C@@]1(C)[C@@H](OCC[C@@H](O)CNC1CCCCC1)C2. The van der Waals surface area contributed by atoms with Crippen LogP contribution in [0.2, 0.25) is 0 Å². The zero-order valence-corrected chi connectivity index (χ0v) is 15.4. The number of nitrogens with one attached hydrogen (secondary N) is 1. The first-order valence-corrected chi connectivity index (χ1v) is 9.96. The van der Waals surface area contributed by atoms with Crippen molar-refractivity contribution < 1.29 is 9.84 Å². The second kappa shape index (κ2) is 7.01. The summed E-state index contributed by atoms with van der Waals surface area (Å²) in [7, 11) is 0. The first kappa shape index (κ1) is 17.7. The van der Waals surface area contributed by atoms with Crippen molar-refractivity contribution in [2.45, 2.75) is 96.8 Å². The predicted molar refractivity (Wildman–Crippen MR) is 94.5 cm³/mol. The maximum Gasteiger partial charge on any atom is 0.0686 e. The Morgan fingerprint density at radius 2 is 1.87 bits per heavy atom. The summed E-state index contributed by atoms with van der Waals surface area (Å²) < 4.78 is 6.25. The van der Waals surface area contributed by atoms with Crippen LogP contribution in [0.25, 0.3) is 0 Å². The van der Waals surface area contributed by atoms with E-state index in [4.69, 9.17) is 4.74 Å². The molecular formula is C20H37NO2. The van der Waals surface area contributed by atoms with Gasteiger partial charge >= 0.3 is 0 Å². The largest absolute Gasteiger partial charge is 0.392 e. The molecule has 3 fully saturated rings. The molecule has 3 saturated carbocycles. The lowest BCUT2D eigenvalue weighted by Crippen LogP contribution is -2.39. The van der Waals surface area contributed by atoms with Crippen molar-refractivity contribution >= 4 is 0 Å². The lowest BCUT2D eigenvalue weighted by atomic mass is 9.70. The highest BCUT2D eigenvalue weighted by Crippen LogP contribution is 2.66. The van der Waals surface area contributed by atoms with Gasteiger partial charge in [0.05, 0.1) is 12.2 Å². The molecule has 3 nitrogen and oxygen atoms in total. The number of hydrogen-bond donors (Lipinski definition) is 2. The summed E-state index contributed by atoms with van der Waals surface area (Å²) in [5.74, 6) is 0.829. The minimum Gasteiger partial charge on any atom is -0.392 e. The highest BCUT2D eigenvalue weighted by Gasteiger charge is 2.61. The first-order valence-electron chi connectivity index (χ1n) is 9.96. The molecule has 0 unspecified atom stereocenters. The van der Waals surface area contributed by atoms with E-state index in [0.717, 1.165) is 18.9 Å². The molecule has 134 valence electrons. The molecule has 0 heterocycles. The van der Waals surface area contributed by atoms with Gasteiger partial charge in [-0.15, -0.1) is 0 Å². The van der Waals surface area contributed by atoms with Gasteiger partial charge in [-0.3, -0.25) is 0 Å². The summed E-state index contributed by atoms with van der Waals surface area (Å²) in [6.07, 6.45) is 11.4. The second-order valence-corrected chi connectivity index (χ2v) is 9.16. The Morgan fingerprint density at radius 3 is 2.48 bits per heavy atom. The third-order valence-electron chi connectivity index (χ3n) is 7.73. The van der Waals surface area contributed by atoms with Crippen molar-refractivity contribution in [2.24, 2.45) is 16.7 Å². The van der Waals surface area contributed by atoms with E-state index in [2.05, 4.69) is 26.1 Å². The molecule has 3 heteroatoms. The first-order chi connectivity index (χ1) is 10.9. The van der Waals surface area contributed by atoms with Crippen LogP contribution in [0.4, 0.5) is 0 Å². The Balaban J connectivity index is 1.35. The number of hydrogen-bond acceptors (Lipinski definition) is 3. The van der Waals surface area contributed by atoms with Crippen LogP contribution in [-0.4, -0.2) is 36.5 Å². The van der Waals surface area contributed by atoms with Crippen LogP contribution >= 0.6 is 0 Å². The van der Waals surface area contributed by atoms with Gasteiger partial charge in [0.2, 0.25) is 0 Å². The van der Waals surface area contributed by atoms with Gasteiger partial charge in [0, 0.05) is 19.2 Å². The van der Waals surface area contributed by atoms with Crippen molar-refractivity contribution in [2.75, 3.05) is 13.2 Å². The van der Waals surface area contributed by atoms with E-state index >= 15 is 0 Å². The fourth-order valence-corrected chi connectivity index (χ4v) is 5.44. The highest BCUT2D eigenvalue weighted by atomic mass is 16.5. The molecule has 0 amide bonds. The summed E-state index contributed by atoms with van der Waals surface area (Å²) in [5, 5.41) is 13.8. The molecule has 0 aromatic carbocycles. The van der Waals surface area contributed by atoms with Crippen molar-refractivity contribution in [3.05, 3.63) is 0 Å². The summed E-state index contributed by atoms with van der Waals surface area (Å²) in [6, 6.07) is 0.629. The number of aliphatic hydroxyl groups is 1. The molecule has 23 heavy (non-hydrogen) atoms. The van der Waals surface area contributed by atoms with E-state index in [0.29, 0.717) is 29.6 Å². The molecule has 3 aliphatic rings. The van der Waals surface area contributed by atoms with Gasteiger partial charge in [0.1, 0.15) is 0 Å². The quantitative estimate of drug-likeness (QED) is 0.747. The maximum absolute atomic E-state index is 10.2.